The number of rotatable bonds is 6. The second kappa shape index (κ2) is 7.81. The molecule has 0 saturated heterocycles. The number of nitrogens with zero attached hydrogens (tertiary/aromatic N) is 3. The molecule has 1 amide bonds. The monoisotopic (exact) mass is 355 g/mol. The highest BCUT2D eigenvalue weighted by Crippen LogP contribution is 2.20. The maximum Gasteiger partial charge on any atom is 0.262 e. The summed E-state index contributed by atoms with van der Waals surface area (Å²) >= 11 is 7.21. The van der Waals surface area contributed by atoms with Crippen LogP contribution in [0.1, 0.15) is 0 Å². The Morgan fingerprint density at radius 3 is 2.83 bits per heavy atom. The van der Waals surface area contributed by atoms with Gasteiger partial charge in [-0.3, -0.25) is 14.2 Å². The predicted molar refractivity (Wildman–Crippen MR) is 92.3 cm³/mol. The molecule has 0 radical (unpaired) electrons. The molecule has 0 aliphatic carbocycles. The van der Waals surface area contributed by atoms with Gasteiger partial charge >= 0.3 is 0 Å². The summed E-state index contributed by atoms with van der Waals surface area (Å²) in [4.78, 5) is 30.4. The molecule has 2 aromatic rings. The zero-order valence-corrected chi connectivity index (χ0v) is 14.8. The van der Waals surface area contributed by atoms with Crippen molar-refractivity contribution in [3.63, 3.8) is 0 Å². The van der Waals surface area contributed by atoms with Crippen molar-refractivity contribution in [2.45, 2.75) is 11.7 Å². The number of halogens is 1. The van der Waals surface area contributed by atoms with Crippen LogP contribution < -0.4 is 5.56 Å². The zero-order valence-electron chi connectivity index (χ0n) is 13.2. The predicted octanol–water partition coefficient (Wildman–Crippen LogP) is 1.88. The van der Waals surface area contributed by atoms with E-state index in [0.717, 1.165) is 0 Å². The second-order valence-corrected chi connectivity index (χ2v) is 6.46. The van der Waals surface area contributed by atoms with E-state index in [4.69, 9.17) is 16.3 Å². The standard InChI is InChI=1S/C15H18ClN3O3S/c1-18(2)13(20)9-23-15-17-12-8-10(16)4-5-11(12)14(21)19(15)6-7-22-3/h4-5,8H,6-7,9H2,1-3H3. The van der Waals surface area contributed by atoms with Gasteiger partial charge < -0.3 is 9.64 Å². The van der Waals surface area contributed by atoms with Crippen molar-refractivity contribution in [2.24, 2.45) is 0 Å². The summed E-state index contributed by atoms with van der Waals surface area (Å²) in [5.41, 5.74) is 0.361. The molecule has 0 spiro atoms. The van der Waals surface area contributed by atoms with E-state index in [9.17, 15) is 9.59 Å². The Morgan fingerprint density at radius 2 is 2.17 bits per heavy atom. The Hall–Kier alpha value is -1.57. The highest BCUT2D eigenvalue weighted by molar-refractivity contribution is 7.99. The number of carbonyl (C=O) groups is 1. The molecule has 124 valence electrons. The lowest BCUT2D eigenvalue weighted by atomic mass is 10.2. The van der Waals surface area contributed by atoms with E-state index in [2.05, 4.69) is 4.98 Å². The Bertz CT molecular complexity index is 776. The highest BCUT2D eigenvalue weighted by Gasteiger charge is 2.14. The third kappa shape index (κ3) is 4.25. The molecule has 6 nitrogen and oxygen atoms in total. The molecule has 0 saturated carbocycles. The van der Waals surface area contributed by atoms with Gasteiger partial charge in [-0.2, -0.15) is 0 Å². The zero-order chi connectivity index (χ0) is 17.0. The summed E-state index contributed by atoms with van der Waals surface area (Å²) in [6.45, 7) is 0.759. The molecule has 0 N–H and O–H groups in total. The minimum absolute atomic E-state index is 0.0475. The van der Waals surface area contributed by atoms with E-state index in [1.165, 1.54) is 21.2 Å². The quantitative estimate of drug-likeness (QED) is 0.584. The molecule has 0 atom stereocenters. The van der Waals surface area contributed by atoms with Crippen molar-refractivity contribution < 1.29 is 9.53 Å². The largest absolute Gasteiger partial charge is 0.383 e. The van der Waals surface area contributed by atoms with E-state index < -0.39 is 0 Å². The van der Waals surface area contributed by atoms with Crippen LogP contribution in [0.2, 0.25) is 5.02 Å². The van der Waals surface area contributed by atoms with Crippen molar-refractivity contribution in [3.05, 3.63) is 33.6 Å². The van der Waals surface area contributed by atoms with Crippen LogP contribution in [0.15, 0.2) is 28.2 Å². The van der Waals surface area contributed by atoms with E-state index in [1.54, 1.807) is 39.4 Å². The second-order valence-electron chi connectivity index (χ2n) is 5.08. The lowest BCUT2D eigenvalue weighted by Crippen LogP contribution is -2.27. The van der Waals surface area contributed by atoms with E-state index in [0.29, 0.717) is 34.2 Å². The van der Waals surface area contributed by atoms with Crippen LogP contribution in [0.4, 0.5) is 0 Å². The number of aromatic nitrogens is 2. The molecule has 0 aliphatic heterocycles. The smallest absolute Gasteiger partial charge is 0.262 e. The lowest BCUT2D eigenvalue weighted by Gasteiger charge is -2.14. The molecule has 0 fully saturated rings. The topological polar surface area (TPSA) is 64.4 Å². The fourth-order valence-corrected chi connectivity index (χ4v) is 3.09. The van der Waals surface area contributed by atoms with Crippen molar-refractivity contribution >= 4 is 40.2 Å². The summed E-state index contributed by atoms with van der Waals surface area (Å²) in [7, 11) is 4.95. The Balaban J connectivity index is 2.46. The molecule has 0 aliphatic rings. The molecule has 1 aromatic heterocycles. The summed E-state index contributed by atoms with van der Waals surface area (Å²) < 4.78 is 6.59. The first kappa shape index (κ1) is 17.8. The molecule has 0 bridgehead atoms. The molecule has 0 unspecified atom stereocenters. The minimum Gasteiger partial charge on any atom is -0.383 e. The summed E-state index contributed by atoms with van der Waals surface area (Å²) in [5, 5.41) is 1.49. The number of ether oxygens (including phenoxy) is 1. The van der Waals surface area contributed by atoms with Gasteiger partial charge in [-0.1, -0.05) is 23.4 Å². The number of hydrogen-bond donors (Lipinski definition) is 0. The molecule has 1 heterocycles. The number of thioether (sulfide) groups is 1. The van der Waals surface area contributed by atoms with E-state index in [-0.39, 0.29) is 17.2 Å². The third-order valence-electron chi connectivity index (χ3n) is 3.22. The van der Waals surface area contributed by atoms with Crippen LogP contribution in [0.25, 0.3) is 10.9 Å². The summed E-state index contributed by atoms with van der Waals surface area (Å²) in [5.74, 6) is 0.159. The maximum atomic E-state index is 12.7. The van der Waals surface area contributed by atoms with Crippen LogP contribution in [0, 0.1) is 0 Å². The number of methoxy groups -OCH3 is 1. The normalized spacial score (nSPS) is 11.0. The van der Waals surface area contributed by atoms with Gasteiger partial charge in [0.25, 0.3) is 5.56 Å². The fraction of sp³-hybridized carbons (Fsp3) is 0.400. The van der Waals surface area contributed by atoms with E-state index >= 15 is 0 Å². The van der Waals surface area contributed by atoms with Crippen LogP contribution in [0.5, 0.6) is 0 Å². The molecule has 8 heteroatoms. The number of fused-ring (bicyclic) bond motifs is 1. The lowest BCUT2D eigenvalue weighted by molar-refractivity contribution is -0.125. The van der Waals surface area contributed by atoms with Crippen molar-refractivity contribution in [2.75, 3.05) is 33.6 Å². The van der Waals surface area contributed by atoms with Crippen LogP contribution >= 0.6 is 23.4 Å². The van der Waals surface area contributed by atoms with Crippen LogP contribution in [0.3, 0.4) is 0 Å². The van der Waals surface area contributed by atoms with Crippen LogP contribution in [-0.2, 0) is 16.1 Å². The number of carbonyl (C=O) groups excluding carboxylic acids is 1. The Labute approximate surface area is 143 Å². The molecular weight excluding hydrogens is 338 g/mol. The summed E-state index contributed by atoms with van der Waals surface area (Å²) in [6, 6.07) is 4.97. The molecule has 2 rings (SSSR count). The van der Waals surface area contributed by atoms with Gasteiger partial charge in [-0.15, -0.1) is 0 Å². The number of amides is 1. The van der Waals surface area contributed by atoms with Gasteiger partial charge in [0.2, 0.25) is 5.91 Å². The molecule has 23 heavy (non-hydrogen) atoms. The highest BCUT2D eigenvalue weighted by atomic mass is 35.5. The SMILES string of the molecule is COCCn1c(SCC(=O)N(C)C)nc2cc(Cl)ccc2c1=O. The maximum absolute atomic E-state index is 12.7. The van der Waals surface area contributed by atoms with Crippen LogP contribution in [-0.4, -0.2) is 53.9 Å². The van der Waals surface area contributed by atoms with Gasteiger partial charge in [0.15, 0.2) is 5.16 Å². The van der Waals surface area contributed by atoms with Gasteiger partial charge in [0.1, 0.15) is 0 Å². The van der Waals surface area contributed by atoms with Gasteiger partial charge in [0.05, 0.1) is 29.8 Å². The van der Waals surface area contributed by atoms with Gasteiger partial charge in [-0.05, 0) is 18.2 Å². The fourth-order valence-electron chi connectivity index (χ4n) is 1.92. The van der Waals surface area contributed by atoms with Gasteiger partial charge in [0, 0.05) is 26.2 Å². The first-order valence-corrected chi connectivity index (χ1v) is 8.32. The van der Waals surface area contributed by atoms with Crippen molar-refractivity contribution in [1.29, 1.82) is 0 Å². The van der Waals surface area contributed by atoms with Crippen molar-refractivity contribution in [3.8, 4) is 0 Å². The Morgan fingerprint density at radius 1 is 1.43 bits per heavy atom. The first-order valence-electron chi connectivity index (χ1n) is 6.96. The average molecular weight is 356 g/mol. The summed E-state index contributed by atoms with van der Waals surface area (Å²) in [6.07, 6.45) is 0. The first-order chi connectivity index (χ1) is 10.9. The van der Waals surface area contributed by atoms with Gasteiger partial charge in [-0.25, -0.2) is 4.98 Å². The van der Waals surface area contributed by atoms with Crippen molar-refractivity contribution in [1.82, 2.24) is 14.5 Å². The minimum atomic E-state index is -0.163. The number of hydrogen-bond acceptors (Lipinski definition) is 5. The Kier molecular flexibility index (Phi) is 6.04. The molecule has 1 aromatic carbocycles. The van der Waals surface area contributed by atoms with E-state index in [1.807, 2.05) is 0 Å². The number of benzene rings is 1. The third-order valence-corrected chi connectivity index (χ3v) is 4.42. The average Bonchev–Trinajstić information content (AvgIpc) is 2.51. The molecular formula is C15H18ClN3O3S.